The SMILES string of the molecule is COc1ccc(S(=O)(=O)N[C@H](Cc2ccccc2)C(=O)N[C@@H](C)c2ccc(Br)cc2)cc1OC. The van der Waals surface area contributed by atoms with Crippen LogP contribution in [0.4, 0.5) is 0 Å². The summed E-state index contributed by atoms with van der Waals surface area (Å²) in [5.74, 6) is 0.255. The Hall–Kier alpha value is -2.88. The lowest BCUT2D eigenvalue weighted by Gasteiger charge is -2.22. The Balaban J connectivity index is 1.86. The third-order valence-corrected chi connectivity index (χ3v) is 7.29. The number of sulfonamides is 1. The van der Waals surface area contributed by atoms with Crippen molar-refractivity contribution in [1.82, 2.24) is 10.0 Å². The van der Waals surface area contributed by atoms with Crippen molar-refractivity contribution in [3.8, 4) is 11.5 Å². The smallest absolute Gasteiger partial charge is 0.241 e. The van der Waals surface area contributed by atoms with E-state index in [1.807, 2.05) is 61.5 Å². The van der Waals surface area contributed by atoms with Crippen molar-refractivity contribution in [2.75, 3.05) is 14.2 Å². The highest BCUT2D eigenvalue weighted by atomic mass is 79.9. The summed E-state index contributed by atoms with van der Waals surface area (Å²) in [6.45, 7) is 1.85. The zero-order chi connectivity index (χ0) is 24.7. The zero-order valence-electron chi connectivity index (χ0n) is 19.1. The molecule has 9 heteroatoms. The maximum atomic E-state index is 13.2. The number of halogens is 1. The van der Waals surface area contributed by atoms with Gasteiger partial charge in [0.25, 0.3) is 0 Å². The molecule has 0 saturated heterocycles. The van der Waals surface area contributed by atoms with Gasteiger partial charge in [0.05, 0.1) is 25.2 Å². The minimum absolute atomic E-state index is 0.0306. The van der Waals surface area contributed by atoms with Crippen LogP contribution in [0.2, 0.25) is 0 Å². The molecule has 0 fully saturated rings. The number of hydrogen-bond acceptors (Lipinski definition) is 5. The average molecular weight is 547 g/mol. The van der Waals surface area contributed by atoms with Crippen LogP contribution in [0.5, 0.6) is 11.5 Å². The fourth-order valence-electron chi connectivity index (χ4n) is 3.43. The van der Waals surface area contributed by atoms with Gasteiger partial charge < -0.3 is 14.8 Å². The van der Waals surface area contributed by atoms with Gasteiger partial charge in [0.15, 0.2) is 11.5 Å². The predicted octanol–water partition coefficient (Wildman–Crippen LogP) is 4.23. The second-order valence-corrected chi connectivity index (χ2v) is 10.3. The number of hydrogen-bond donors (Lipinski definition) is 2. The molecule has 2 atom stereocenters. The Morgan fingerprint density at radius 2 is 1.59 bits per heavy atom. The summed E-state index contributed by atoms with van der Waals surface area (Å²) in [6.07, 6.45) is 0.187. The first-order chi connectivity index (χ1) is 16.2. The van der Waals surface area contributed by atoms with E-state index >= 15 is 0 Å². The first-order valence-electron chi connectivity index (χ1n) is 10.6. The van der Waals surface area contributed by atoms with E-state index in [0.29, 0.717) is 5.75 Å². The Kier molecular flexibility index (Phi) is 8.71. The minimum Gasteiger partial charge on any atom is -0.493 e. The van der Waals surface area contributed by atoms with Crippen molar-refractivity contribution < 1.29 is 22.7 Å². The standard InChI is InChI=1S/C25H27BrN2O5S/c1-17(19-9-11-20(26)12-10-19)27-25(29)22(15-18-7-5-4-6-8-18)28-34(30,31)21-13-14-23(32-2)24(16-21)33-3/h4-14,16-17,22,28H,15H2,1-3H3,(H,27,29)/t17-,22+/m0/s1. The van der Waals surface area contributed by atoms with Crippen LogP contribution in [-0.4, -0.2) is 34.6 Å². The molecule has 3 aromatic carbocycles. The lowest BCUT2D eigenvalue weighted by Crippen LogP contribution is -2.48. The van der Waals surface area contributed by atoms with Gasteiger partial charge in [-0.2, -0.15) is 4.72 Å². The third kappa shape index (κ3) is 6.59. The summed E-state index contributed by atoms with van der Waals surface area (Å²) < 4.78 is 40.3. The summed E-state index contributed by atoms with van der Waals surface area (Å²) >= 11 is 3.40. The van der Waals surface area contributed by atoms with E-state index in [1.54, 1.807) is 0 Å². The number of amides is 1. The molecule has 34 heavy (non-hydrogen) atoms. The molecule has 0 aromatic heterocycles. The molecule has 0 bridgehead atoms. The molecule has 0 aliphatic carbocycles. The van der Waals surface area contributed by atoms with Gasteiger partial charge >= 0.3 is 0 Å². The largest absolute Gasteiger partial charge is 0.493 e. The Morgan fingerprint density at radius 3 is 2.21 bits per heavy atom. The Morgan fingerprint density at radius 1 is 0.941 bits per heavy atom. The second kappa shape index (κ2) is 11.5. The fourth-order valence-corrected chi connectivity index (χ4v) is 4.90. The Bertz CT molecular complexity index is 1220. The van der Waals surface area contributed by atoms with Crippen LogP contribution in [0.3, 0.4) is 0 Å². The van der Waals surface area contributed by atoms with Crippen molar-refractivity contribution in [3.63, 3.8) is 0 Å². The summed E-state index contributed by atoms with van der Waals surface area (Å²) in [5, 5.41) is 2.92. The lowest BCUT2D eigenvalue weighted by molar-refractivity contribution is -0.123. The second-order valence-electron chi connectivity index (χ2n) is 7.66. The maximum Gasteiger partial charge on any atom is 0.241 e. The molecule has 2 N–H and O–H groups in total. The van der Waals surface area contributed by atoms with E-state index in [9.17, 15) is 13.2 Å². The number of nitrogens with one attached hydrogen (secondary N) is 2. The summed E-state index contributed by atoms with van der Waals surface area (Å²) in [7, 11) is -1.14. The van der Waals surface area contributed by atoms with Crippen LogP contribution in [0.25, 0.3) is 0 Å². The van der Waals surface area contributed by atoms with Gasteiger partial charge in [-0.15, -0.1) is 0 Å². The summed E-state index contributed by atoms with van der Waals surface area (Å²) in [5.41, 5.74) is 1.73. The zero-order valence-corrected chi connectivity index (χ0v) is 21.5. The van der Waals surface area contributed by atoms with Crippen molar-refractivity contribution in [2.45, 2.75) is 30.3 Å². The molecule has 0 saturated carbocycles. The van der Waals surface area contributed by atoms with Crippen LogP contribution in [-0.2, 0) is 21.2 Å². The van der Waals surface area contributed by atoms with Crippen LogP contribution in [0, 0.1) is 0 Å². The topological polar surface area (TPSA) is 93.7 Å². The number of methoxy groups -OCH3 is 2. The monoisotopic (exact) mass is 546 g/mol. The van der Waals surface area contributed by atoms with Gasteiger partial charge in [-0.25, -0.2) is 8.42 Å². The van der Waals surface area contributed by atoms with Crippen LogP contribution < -0.4 is 19.5 Å². The van der Waals surface area contributed by atoms with Crippen molar-refractivity contribution in [3.05, 3.63) is 88.4 Å². The van der Waals surface area contributed by atoms with E-state index in [2.05, 4.69) is 26.0 Å². The van der Waals surface area contributed by atoms with E-state index in [-0.39, 0.29) is 23.1 Å². The molecule has 0 unspecified atom stereocenters. The first kappa shape index (κ1) is 25.7. The summed E-state index contributed by atoms with van der Waals surface area (Å²) in [4.78, 5) is 13.2. The van der Waals surface area contributed by atoms with Crippen LogP contribution in [0.1, 0.15) is 24.1 Å². The van der Waals surface area contributed by atoms with Gasteiger partial charge in [0.1, 0.15) is 6.04 Å². The van der Waals surface area contributed by atoms with E-state index in [1.165, 1.54) is 32.4 Å². The van der Waals surface area contributed by atoms with E-state index in [0.717, 1.165) is 15.6 Å². The quantitative estimate of drug-likeness (QED) is 0.396. The van der Waals surface area contributed by atoms with E-state index < -0.39 is 22.0 Å². The molecule has 0 radical (unpaired) electrons. The molecule has 180 valence electrons. The molecular weight excluding hydrogens is 520 g/mol. The molecule has 0 spiro atoms. The average Bonchev–Trinajstić information content (AvgIpc) is 2.84. The Labute approximate surface area is 208 Å². The molecule has 7 nitrogen and oxygen atoms in total. The predicted molar refractivity (Wildman–Crippen MR) is 135 cm³/mol. The number of carbonyl (C=O) groups excluding carboxylic acids is 1. The number of ether oxygens (including phenoxy) is 2. The summed E-state index contributed by atoms with van der Waals surface area (Å²) in [6, 6.07) is 19.8. The molecule has 3 rings (SSSR count). The number of benzene rings is 3. The van der Waals surface area contributed by atoms with Gasteiger partial charge in [-0.05, 0) is 48.7 Å². The normalized spacial score (nSPS) is 13.1. The highest BCUT2D eigenvalue weighted by Crippen LogP contribution is 2.29. The molecular formula is C25H27BrN2O5S. The van der Waals surface area contributed by atoms with Gasteiger partial charge in [-0.3, -0.25) is 4.79 Å². The highest BCUT2D eigenvalue weighted by Gasteiger charge is 2.28. The number of carbonyl (C=O) groups is 1. The molecule has 0 heterocycles. The van der Waals surface area contributed by atoms with Crippen molar-refractivity contribution in [1.29, 1.82) is 0 Å². The maximum absolute atomic E-state index is 13.2. The third-order valence-electron chi connectivity index (χ3n) is 5.29. The van der Waals surface area contributed by atoms with Gasteiger partial charge in [0, 0.05) is 10.5 Å². The van der Waals surface area contributed by atoms with Crippen molar-refractivity contribution >= 4 is 31.9 Å². The van der Waals surface area contributed by atoms with E-state index in [4.69, 9.17) is 9.47 Å². The lowest BCUT2D eigenvalue weighted by atomic mass is 10.0. The fraction of sp³-hybridized carbons (Fsp3) is 0.240. The first-order valence-corrected chi connectivity index (χ1v) is 12.8. The molecule has 0 aliphatic rings. The van der Waals surface area contributed by atoms with Gasteiger partial charge in [0.2, 0.25) is 15.9 Å². The minimum atomic E-state index is -4.04. The van der Waals surface area contributed by atoms with Crippen LogP contribution >= 0.6 is 15.9 Å². The molecule has 3 aromatic rings. The van der Waals surface area contributed by atoms with Crippen molar-refractivity contribution in [2.24, 2.45) is 0 Å². The molecule has 0 aliphatic heterocycles. The van der Waals surface area contributed by atoms with Gasteiger partial charge in [-0.1, -0.05) is 58.4 Å². The highest BCUT2D eigenvalue weighted by molar-refractivity contribution is 9.10. The van der Waals surface area contributed by atoms with Crippen LogP contribution in [0.15, 0.2) is 82.2 Å². The number of rotatable bonds is 10. The molecule has 1 amide bonds.